The third kappa shape index (κ3) is 4.55. The zero-order chi connectivity index (χ0) is 20.1. The maximum atomic E-state index is 14.7. The van der Waals surface area contributed by atoms with Crippen LogP contribution in [0.1, 0.15) is 12.8 Å². The molecule has 3 rings (SSSR count). The fraction of sp³-hybridized carbons (Fsp3) is 0.316. The van der Waals surface area contributed by atoms with Crippen LogP contribution in [0.2, 0.25) is 0 Å². The molecule has 0 saturated carbocycles. The van der Waals surface area contributed by atoms with Gasteiger partial charge in [0.2, 0.25) is 11.8 Å². The number of primary amides is 1. The number of hydrogen-bond acceptors (Lipinski definition) is 6. The molecule has 1 fully saturated rings. The first-order valence-corrected chi connectivity index (χ1v) is 8.62. The number of halogens is 1. The van der Waals surface area contributed by atoms with Gasteiger partial charge in [0.1, 0.15) is 11.9 Å². The number of rotatable bonds is 8. The van der Waals surface area contributed by atoms with E-state index in [4.69, 9.17) is 19.9 Å². The molecule has 1 aromatic carbocycles. The van der Waals surface area contributed by atoms with Crippen molar-refractivity contribution in [3.8, 4) is 17.0 Å². The van der Waals surface area contributed by atoms with Crippen LogP contribution in [0.5, 0.6) is 5.88 Å². The summed E-state index contributed by atoms with van der Waals surface area (Å²) in [5, 5.41) is 0. The fourth-order valence-electron chi connectivity index (χ4n) is 2.84. The number of hydrogen-bond donors (Lipinski definition) is 1. The van der Waals surface area contributed by atoms with E-state index in [0.29, 0.717) is 29.1 Å². The number of methoxy groups -OCH3 is 1. The molecule has 2 amide bonds. The first-order valence-electron chi connectivity index (χ1n) is 8.62. The number of carbonyl (C=O) groups is 2. The van der Waals surface area contributed by atoms with E-state index in [1.807, 2.05) is 0 Å². The lowest BCUT2D eigenvalue weighted by Crippen LogP contribution is -2.25. The van der Waals surface area contributed by atoms with Crippen molar-refractivity contribution in [3.63, 3.8) is 0 Å². The highest BCUT2D eigenvalue weighted by Gasteiger charge is 2.32. The van der Waals surface area contributed by atoms with Gasteiger partial charge in [0.15, 0.2) is 6.79 Å². The van der Waals surface area contributed by atoms with Gasteiger partial charge in [0.05, 0.1) is 12.2 Å². The van der Waals surface area contributed by atoms with Crippen LogP contribution in [0.4, 0.5) is 14.9 Å². The van der Waals surface area contributed by atoms with E-state index < -0.39 is 23.9 Å². The predicted molar refractivity (Wildman–Crippen MR) is 98.2 cm³/mol. The summed E-state index contributed by atoms with van der Waals surface area (Å²) < 4.78 is 29.9. The Balaban J connectivity index is 1.72. The molecular weight excluding hydrogens is 369 g/mol. The monoisotopic (exact) mass is 389 g/mol. The largest absolute Gasteiger partial charge is 0.451 e. The summed E-state index contributed by atoms with van der Waals surface area (Å²) in [7, 11) is 1.50. The highest BCUT2D eigenvalue weighted by atomic mass is 19.1. The number of amides is 2. The SMILES string of the molecule is COCOc1ccc(-c2ccc(N3CC(CCC(N)=O)OC3=O)cc2F)cn1. The van der Waals surface area contributed by atoms with Gasteiger partial charge in [-0.1, -0.05) is 0 Å². The number of benzene rings is 1. The van der Waals surface area contributed by atoms with Crippen LogP contribution in [-0.2, 0) is 14.3 Å². The molecule has 0 bridgehead atoms. The molecule has 1 aliphatic rings. The highest BCUT2D eigenvalue weighted by Crippen LogP contribution is 2.30. The third-order valence-electron chi connectivity index (χ3n) is 4.22. The lowest BCUT2D eigenvalue weighted by molar-refractivity contribution is -0.118. The van der Waals surface area contributed by atoms with Gasteiger partial charge in [0.25, 0.3) is 0 Å². The Morgan fingerprint density at radius 3 is 2.86 bits per heavy atom. The number of ether oxygens (including phenoxy) is 3. The molecule has 0 radical (unpaired) electrons. The van der Waals surface area contributed by atoms with Crippen molar-refractivity contribution in [3.05, 3.63) is 42.3 Å². The van der Waals surface area contributed by atoms with E-state index in [-0.39, 0.29) is 19.8 Å². The van der Waals surface area contributed by atoms with E-state index in [0.717, 1.165) is 0 Å². The topological polar surface area (TPSA) is 104 Å². The van der Waals surface area contributed by atoms with Gasteiger partial charge in [-0.25, -0.2) is 14.2 Å². The maximum absolute atomic E-state index is 14.7. The Labute approximate surface area is 161 Å². The van der Waals surface area contributed by atoms with Crippen molar-refractivity contribution in [2.45, 2.75) is 18.9 Å². The Bertz CT molecular complexity index is 859. The number of cyclic esters (lactones) is 1. The Kier molecular flexibility index (Phi) is 6.05. The van der Waals surface area contributed by atoms with Gasteiger partial charge < -0.3 is 19.9 Å². The average Bonchev–Trinajstić information content (AvgIpc) is 3.06. The summed E-state index contributed by atoms with van der Waals surface area (Å²) in [6.45, 7) is 0.305. The molecule has 1 saturated heterocycles. The standard InChI is InChI=1S/C19H20FN3O5/c1-26-11-27-18-7-2-12(9-22-18)15-5-3-13(8-16(15)20)23-10-14(28-19(23)25)4-6-17(21)24/h2-3,5,7-9,14H,4,6,10-11H2,1H3,(H2,21,24). The van der Waals surface area contributed by atoms with Gasteiger partial charge in [-0.2, -0.15) is 0 Å². The molecule has 8 nitrogen and oxygen atoms in total. The van der Waals surface area contributed by atoms with Gasteiger partial charge in [-0.3, -0.25) is 9.69 Å². The Morgan fingerprint density at radius 2 is 2.21 bits per heavy atom. The van der Waals surface area contributed by atoms with Crippen LogP contribution < -0.4 is 15.4 Å². The minimum Gasteiger partial charge on any atom is -0.451 e. The second kappa shape index (κ2) is 8.66. The number of anilines is 1. The number of pyridine rings is 1. The molecule has 0 aliphatic carbocycles. The molecular formula is C19H20FN3O5. The van der Waals surface area contributed by atoms with Crippen LogP contribution in [-0.4, -0.2) is 43.5 Å². The molecule has 1 aliphatic heterocycles. The zero-order valence-electron chi connectivity index (χ0n) is 15.3. The maximum Gasteiger partial charge on any atom is 0.414 e. The van der Waals surface area contributed by atoms with Crippen molar-refractivity contribution in [2.75, 3.05) is 25.3 Å². The third-order valence-corrected chi connectivity index (χ3v) is 4.22. The summed E-state index contributed by atoms with van der Waals surface area (Å²) in [6.07, 6.45) is 0.916. The van der Waals surface area contributed by atoms with Crippen LogP contribution >= 0.6 is 0 Å². The summed E-state index contributed by atoms with van der Waals surface area (Å²) in [6, 6.07) is 7.76. The molecule has 28 heavy (non-hydrogen) atoms. The van der Waals surface area contributed by atoms with Crippen LogP contribution in [0.25, 0.3) is 11.1 Å². The van der Waals surface area contributed by atoms with Crippen molar-refractivity contribution in [2.24, 2.45) is 5.73 Å². The number of aromatic nitrogens is 1. The van der Waals surface area contributed by atoms with E-state index >= 15 is 0 Å². The lowest BCUT2D eigenvalue weighted by Gasteiger charge is -2.14. The van der Waals surface area contributed by atoms with Crippen molar-refractivity contribution >= 4 is 17.7 Å². The number of nitrogens with zero attached hydrogens (tertiary/aromatic N) is 2. The summed E-state index contributed by atoms with van der Waals surface area (Å²) in [5.41, 5.74) is 6.40. The van der Waals surface area contributed by atoms with Crippen molar-refractivity contribution < 1.29 is 28.2 Å². The van der Waals surface area contributed by atoms with Crippen molar-refractivity contribution in [1.29, 1.82) is 0 Å². The fourth-order valence-corrected chi connectivity index (χ4v) is 2.84. The van der Waals surface area contributed by atoms with Crippen molar-refractivity contribution in [1.82, 2.24) is 4.98 Å². The molecule has 148 valence electrons. The summed E-state index contributed by atoms with van der Waals surface area (Å²) in [4.78, 5) is 28.4. The van der Waals surface area contributed by atoms with Crippen LogP contribution in [0.15, 0.2) is 36.5 Å². The quantitative estimate of drug-likeness (QED) is 0.696. The second-order valence-electron chi connectivity index (χ2n) is 6.22. The molecule has 2 N–H and O–H groups in total. The minimum absolute atomic E-state index is 0.0712. The molecule has 1 atom stereocenters. The normalized spacial score (nSPS) is 16.1. The smallest absolute Gasteiger partial charge is 0.414 e. The molecule has 9 heteroatoms. The van der Waals surface area contributed by atoms with Crippen LogP contribution in [0, 0.1) is 5.82 Å². The van der Waals surface area contributed by atoms with E-state index in [2.05, 4.69) is 4.98 Å². The summed E-state index contributed by atoms with van der Waals surface area (Å²) >= 11 is 0. The molecule has 1 aromatic heterocycles. The second-order valence-corrected chi connectivity index (χ2v) is 6.22. The predicted octanol–water partition coefficient (Wildman–Crippen LogP) is 2.46. The minimum atomic E-state index is -0.581. The number of nitrogens with two attached hydrogens (primary N) is 1. The Morgan fingerprint density at radius 1 is 1.39 bits per heavy atom. The average molecular weight is 389 g/mol. The molecule has 0 spiro atoms. The Hall–Kier alpha value is -3.20. The zero-order valence-corrected chi connectivity index (χ0v) is 15.3. The summed E-state index contributed by atoms with van der Waals surface area (Å²) in [5.74, 6) is -0.597. The van der Waals surface area contributed by atoms with Gasteiger partial charge in [-0.15, -0.1) is 0 Å². The molecule has 2 aromatic rings. The highest BCUT2D eigenvalue weighted by molar-refractivity contribution is 5.90. The van der Waals surface area contributed by atoms with Gasteiger partial charge >= 0.3 is 6.09 Å². The molecule has 2 heterocycles. The van der Waals surface area contributed by atoms with E-state index in [1.165, 1.54) is 24.3 Å². The lowest BCUT2D eigenvalue weighted by atomic mass is 10.1. The van der Waals surface area contributed by atoms with Gasteiger partial charge in [0, 0.05) is 36.9 Å². The molecule has 1 unspecified atom stereocenters. The van der Waals surface area contributed by atoms with Crippen LogP contribution in [0.3, 0.4) is 0 Å². The van der Waals surface area contributed by atoms with Gasteiger partial charge in [-0.05, 0) is 30.7 Å². The van der Waals surface area contributed by atoms with E-state index in [9.17, 15) is 14.0 Å². The van der Waals surface area contributed by atoms with E-state index in [1.54, 1.807) is 24.3 Å². The number of carbonyl (C=O) groups excluding carboxylic acids is 2. The first kappa shape index (κ1) is 19.6. The first-order chi connectivity index (χ1) is 13.5.